The van der Waals surface area contributed by atoms with Crippen molar-refractivity contribution >= 4 is 17.9 Å². The van der Waals surface area contributed by atoms with E-state index in [2.05, 4.69) is 27.7 Å². The van der Waals surface area contributed by atoms with Crippen molar-refractivity contribution in [2.75, 3.05) is 13.2 Å². The molecule has 6 heteroatoms. The molecule has 1 atom stereocenters. The Hall–Kier alpha value is -1.59. The average molecular weight is 807 g/mol. The first-order chi connectivity index (χ1) is 27.9. The molecule has 0 amide bonds. The van der Waals surface area contributed by atoms with Crippen molar-refractivity contribution in [1.29, 1.82) is 0 Å². The highest BCUT2D eigenvalue weighted by atomic mass is 16.6. The quantitative estimate of drug-likeness (QED) is 0.0346. The van der Waals surface area contributed by atoms with Gasteiger partial charge in [0.1, 0.15) is 13.2 Å². The van der Waals surface area contributed by atoms with Crippen molar-refractivity contribution in [3.63, 3.8) is 0 Å². The largest absolute Gasteiger partial charge is 0.462 e. The van der Waals surface area contributed by atoms with E-state index in [-0.39, 0.29) is 31.1 Å². The first kappa shape index (κ1) is 55.4. The van der Waals surface area contributed by atoms with Crippen LogP contribution in [0.2, 0.25) is 0 Å². The van der Waals surface area contributed by atoms with E-state index in [0.717, 1.165) is 63.7 Å². The molecular weight excluding hydrogens is 709 g/mol. The van der Waals surface area contributed by atoms with Gasteiger partial charge in [0.2, 0.25) is 0 Å². The molecule has 0 unspecified atom stereocenters. The van der Waals surface area contributed by atoms with Crippen LogP contribution in [-0.4, -0.2) is 37.2 Å². The maximum absolute atomic E-state index is 12.7. The summed E-state index contributed by atoms with van der Waals surface area (Å²) in [7, 11) is 0. The van der Waals surface area contributed by atoms with Crippen LogP contribution < -0.4 is 0 Å². The molecule has 0 aromatic carbocycles. The minimum atomic E-state index is -0.759. The summed E-state index contributed by atoms with van der Waals surface area (Å²) >= 11 is 0. The molecule has 0 radical (unpaired) electrons. The van der Waals surface area contributed by atoms with E-state index in [1.54, 1.807) is 0 Å². The summed E-state index contributed by atoms with van der Waals surface area (Å²) in [5, 5.41) is 0. The molecular formula is C51H98O6. The van der Waals surface area contributed by atoms with Crippen LogP contribution in [0.15, 0.2) is 0 Å². The van der Waals surface area contributed by atoms with Crippen molar-refractivity contribution in [1.82, 2.24) is 0 Å². The Labute approximate surface area is 355 Å². The summed E-state index contributed by atoms with van der Waals surface area (Å²) in [6.07, 6.45) is 46.6. The second-order valence-electron chi connectivity index (χ2n) is 17.9. The Kier molecular flexibility index (Phi) is 44.2. The Bertz CT molecular complexity index is 857. The maximum Gasteiger partial charge on any atom is 0.306 e. The fraction of sp³-hybridized carbons (Fsp3) is 0.941. The topological polar surface area (TPSA) is 78.9 Å². The Morgan fingerprint density at radius 3 is 0.860 bits per heavy atom. The van der Waals surface area contributed by atoms with Gasteiger partial charge in [-0.15, -0.1) is 0 Å². The molecule has 0 aliphatic heterocycles. The number of hydrogen-bond acceptors (Lipinski definition) is 6. The standard InChI is InChI=1S/C51H98O6/c1-5-7-9-11-13-15-17-23-28-32-36-40-44-51(54)57-48(45-55-49(52)42-38-34-30-26-16-14-12-10-8-6-2)46-56-50(53)43-39-35-31-27-24-21-19-18-20-22-25-29-33-37-41-47(3)4/h47-48H,5-46H2,1-4H3/t48-/m0/s1. The molecule has 0 rings (SSSR count). The molecule has 0 spiro atoms. The molecule has 0 aliphatic carbocycles. The van der Waals surface area contributed by atoms with E-state index >= 15 is 0 Å². The van der Waals surface area contributed by atoms with Crippen molar-refractivity contribution < 1.29 is 28.6 Å². The van der Waals surface area contributed by atoms with Gasteiger partial charge in [0, 0.05) is 19.3 Å². The Balaban J connectivity index is 4.26. The van der Waals surface area contributed by atoms with Gasteiger partial charge in [0.25, 0.3) is 0 Å². The molecule has 0 fully saturated rings. The summed E-state index contributed by atoms with van der Waals surface area (Å²) in [4.78, 5) is 37.8. The molecule has 6 nitrogen and oxygen atoms in total. The van der Waals surface area contributed by atoms with E-state index in [0.29, 0.717) is 19.3 Å². The van der Waals surface area contributed by atoms with Crippen LogP contribution in [0.3, 0.4) is 0 Å². The minimum Gasteiger partial charge on any atom is -0.462 e. The van der Waals surface area contributed by atoms with Gasteiger partial charge < -0.3 is 14.2 Å². The van der Waals surface area contributed by atoms with Gasteiger partial charge in [-0.2, -0.15) is 0 Å². The number of rotatable bonds is 46. The smallest absolute Gasteiger partial charge is 0.306 e. The predicted octanol–water partition coefficient (Wildman–Crippen LogP) is 16.3. The van der Waals surface area contributed by atoms with Gasteiger partial charge in [-0.3, -0.25) is 14.4 Å². The van der Waals surface area contributed by atoms with Crippen molar-refractivity contribution in [3.8, 4) is 0 Å². The lowest BCUT2D eigenvalue weighted by atomic mass is 10.0. The highest BCUT2D eigenvalue weighted by Crippen LogP contribution is 2.17. The third-order valence-electron chi connectivity index (χ3n) is 11.5. The second-order valence-corrected chi connectivity index (χ2v) is 17.9. The fourth-order valence-electron chi connectivity index (χ4n) is 7.69. The normalized spacial score (nSPS) is 11.9. The van der Waals surface area contributed by atoms with Crippen LogP contribution in [0.5, 0.6) is 0 Å². The fourth-order valence-corrected chi connectivity index (χ4v) is 7.69. The van der Waals surface area contributed by atoms with Crippen molar-refractivity contribution in [2.45, 2.75) is 291 Å². The molecule has 0 aromatic rings. The molecule has 0 saturated heterocycles. The van der Waals surface area contributed by atoms with Gasteiger partial charge in [-0.1, -0.05) is 246 Å². The lowest BCUT2D eigenvalue weighted by molar-refractivity contribution is -0.167. The van der Waals surface area contributed by atoms with Crippen LogP contribution in [0.1, 0.15) is 285 Å². The number of esters is 3. The molecule has 0 aliphatic rings. The average Bonchev–Trinajstić information content (AvgIpc) is 3.19. The number of carbonyl (C=O) groups is 3. The summed E-state index contributed by atoms with van der Waals surface area (Å²) < 4.78 is 16.8. The zero-order chi connectivity index (χ0) is 41.7. The van der Waals surface area contributed by atoms with Crippen molar-refractivity contribution in [3.05, 3.63) is 0 Å². The van der Waals surface area contributed by atoms with E-state index in [4.69, 9.17) is 14.2 Å². The molecule has 0 bridgehead atoms. The molecule has 57 heavy (non-hydrogen) atoms. The van der Waals surface area contributed by atoms with Gasteiger partial charge in [-0.25, -0.2) is 0 Å². The second kappa shape index (κ2) is 45.5. The lowest BCUT2D eigenvalue weighted by Crippen LogP contribution is -2.30. The Morgan fingerprint density at radius 1 is 0.333 bits per heavy atom. The monoisotopic (exact) mass is 807 g/mol. The molecule has 0 N–H and O–H groups in total. The maximum atomic E-state index is 12.7. The summed E-state index contributed by atoms with van der Waals surface area (Å²) in [5.41, 5.74) is 0. The third-order valence-corrected chi connectivity index (χ3v) is 11.5. The third kappa shape index (κ3) is 45.3. The molecule has 338 valence electrons. The van der Waals surface area contributed by atoms with Gasteiger partial charge >= 0.3 is 17.9 Å². The van der Waals surface area contributed by atoms with Crippen molar-refractivity contribution in [2.24, 2.45) is 5.92 Å². The van der Waals surface area contributed by atoms with Crippen LogP contribution in [0, 0.1) is 5.92 Å². The van der Waals surface area contributed by atoms with Gasteiger partial charge in [-0.05, 0) is 25.2 Å². The van der Waals surface area contributed by atoms with E-state index in [9.17, 15) is 14.4 Å². The van der Waals surface area contributed by atoms with Crippen LogP contribution >= 0.6 is 0 Å². The minimum absolute atomic E-state index is 0.0628. The highest BCUT2D eigenvalue weighted by molar-refractivity contribution is 5.71. The molecule has 0 saturated carbocycles. The SMILES string of the molecule is CCCCCCCCCCCCCCC(=O)O[C@@H](COC(=O)CCCCCCCCCCCC)COC(=O)CCCCCCCCCCCCCCCCC(C)C. The van der Waals surface area contributed by atoms with Crippen LogP contribution in [-0.2, 0) is 28.6 Å². The number of unbranched alkanes of at least 4 members (excludes halogenated alkanes) is 33. The zero-order valence-electron chi connectivity index (χ0n) is 38.8. The van der Waals surface area contributed by atoms with E-state index in [1.165, 1.54) is 180 Å². The van der Waals surface area contributed by atoms with Crippen LogP contribution in [0.4, 0.5) is 0 Å². The van der Waals surface area contributed by atoms with Gasteiger partial charge in [0.05, 0.1) is 0 Å². The van der Waals surface area contributed by atoms with Crippen LogP contribution in [0.25, 0.3) is 0 Å². The molecule has 0 heterocycles. The van der Waals surface area contributed by atoms with E-state index in [1.807, 2.05) is 0 Å². The first-order valence-corrected chi connectivity index (χ1v) is 25.4. The number of hydrogen-bond donors (Lipinski definition) is 0. The first-order valence-electron chi connectivity index (χ1n) is 25.4. The number of carbonyl (C=O) groups excluding carboxylic acids is 3. The summed E-state index contributed by atoms with van der Waals surface area (Å²) in [6.45, 7) is 9.02. The predicted molar refractivity (Wildman–Crippen MR) is 243 cm³/mol. The number of ether oxygens (including phenoxy) is 3. The Morgan fingerprint density at radius 2 is 0.579 bits per heavy atom. The van der Waals surface area contributed by atoms with E-state index < -0.39 is 6.10 Å². The van der Waals surface area contributed by atoms with Gasteiger partial charge in [0.15, 0.2) is 6.10 Å². The highest BCUT2D eigenvalue weighted by Gasteiger charge is 2.19. The molecule has 0 aromatic heterocycles. The zero-order valence-corrected chi connectivity index (χ0v) is 38.8. The lowest BCUT2D eigenvalue weighted by Gasteiger charge is -2.18. The summed E-state index contributed by atoms with van der Waals surface area (Å²) in [5.74, 6) is -0.00224. The summed E-state index contributed by atoms with van der Waals surface area (Å²) in [6, 6.07) is 0.